The highest BCUT2D eigenvalue weighted by Crippen LogP contribution is 2.20. The van der Waals surface area contributed by atoms with Crippen molar-refractivity contribution in [3.8, 4) is 5.75 Å². The van der Waals surface area contributed by atoms with Gasteiger partial charge in [0.05, 0.1) is 5.54 Å². The molecule has 22 heavy (non-hydrogen) atoms. The number of hydrogen-bond donors (Lipinski definition) is 2. The van der Waals surface area contributed by atoms with Crippen LogP contribution in [0.25, 0.3) is 0 Å². The van der Waals surface area contributed by atoms with E-state index in [1.54, 1.807) is 0 Å². The lowest BCUT2D eigenvalue weighted by Gasteiger charge is -2.41. The van der Waals surface area contributed by atoms with Crippen LogP contribution in [-0.4, -0.2) is 53.8 Å². The molecule has 122 valence electrons. The van der Waals surface area contributed by atoms with Gasteiger partial charge in [-0.2, -0.15) is 0 Å². The molecule has 1 unspecified atom stereocenters. The van der Waals surface area contributed by atoms with E-state index in [1.165, 1.54) is 5.56 Å². The number of amides is 1. The Kier molecular flexibility index (Phi) is 5.08. The Labute approximate surface area is 132 Å². The number of ether oxygens (including phenoxy) is 1. The zero-order chi connectivity index (χ0) is 16.3. The standard InChI is InChI=1S/C17H26N2O3/c1-12-5-6-15(13(2)9-12)22-11-14(20)10-19-8-7-18-16(21)17(19,3)4/h5-6,9,14,20H,7-8,10-11H2,1-4H3,(H,18,21). The van der Waals surface area contributed by atoms with Crippen LogP contribution in [0.5, 0.6) is 5.75 Å². The summed E-state index contributed by atoms with van der Waals surface area (Å²) >= 11 is 0. The normalized spacial score (nSPS) is 19.6. The number of aliphatic hydroxyl groups is 1. The molecular weight excluding hydrogens is 280 g/mol. The van der Waals surface area contributed by atoms with Gasteiger partial charge in [-0.1, -0.05) is 17.7 Å². The van der Waals surface area contributed by atoms with Crippen molar-refractivity contribution < 1.29 is 14.6 Å². The van der Waals surface area contributed by atoms with Gasteiger partial charge in [0, 0.05) is 19.6 Å². The lowest BCUT2D eigenvalue weighted by Crippen LogP contribution is -2.63. The van der Waals surface area contributed by atoms with Crippen molar-refractivity contribution in [2.45, 2.75) is 39.3 Å². The molecular formula is C17H26N2O3. The van der Waals surface area contributed by atoms with Crippen LogP contribution in [0.3, 0.4) is 0 Å². The van der Waals surface area contributed by atoms with Crippen LogP contribution in [-0.2, 0) is 4.79 Å². The quantitative estimate of drug-likeness (QED) is 0.859. The molecule has 0 radical (unpaired) electrons. The average Bonchev–Trinajstić information content (AvgIpc) is 2.43. The fourth-order valence-electron chi connectivity index (χ4n) is 2.72. The Morgan fingerprint density at radius 1 is 1.41 bits per heavy atom. The monoisotopic (exact) mass is 306 g/mol. The molecule has 1 aliphatic heterocycles. The molecule has 1 amide bonds. The van der Waals surface area contributed by atoms with Gasteiger partial charge in [0.2, 0.25) is 5.91 Å². The molecule has 2 N–H and O–H groups in total. The number of hydrogen-bond acceptors (Lipinski definition) is 4. The molecule has 0 bridgehead atoms. The van der Waals surface area contributed by atoms with Crippen molar-refractivity contribution in [1.82, 2.24) is 10.2 Å². The minimum atomic E-state index is -0.633. The third kappa shape index (κ3) is 3.78. The Hall–Kier alpha value is -1.59. The number of aliphatic hydroxyl groups excluding tert-OH is 1. The van der Waals surface area contributed by atoms with Crippen LogP contribution in [0, 0.1) is 13.8 Å². The van der Waals surface area contributed by atoms with Gasteiger partial charge >= 0.3 is 0 Å². The summed E-state index contributed by atoms with van der Waals surface area (Å²) in [5.74, 6) is 0.793. The number of rotatable bonds is 5. The molecule has 0 aliphatic carbocycles. The van der Waals surface area contributed by atoms with E-state index >= 15 is 0 Å². The van der Waals surface area contributed by atoms with Crippen LogP contribution in [0.2, 0.25) is 0 Å². The second kappa shape index (κ2) is 6.67. The summed E-state index contributed by atoms with van der Waals surface area (Å²) in [6.07, 6.45) is -0.633. The summed E-state index contributed by atoms with van der Waals surface area (Å²) in [5, 5.41) is 13.1. The number of aryl methyl sites for hydroxylation is 2. The highest BCUT2D eigenvalue weighted by molar-refractivity contribution is 5.86. The Bertz CT molecular complexity index is 543. The topological polar surface area (TPSA) is 61.8 Å². The summed E-state index contributed by atoms with van der Waals surface area (Å²) < 4.78 is 5.71. The molecule has 0 spiro atoms. The summed E-state index contributed by atoms with van der Waals surface area (Å²) in [4.78, 5) is 13.9. The average molecular weight is 306 g/mol. The number of nitrogens with one attached hydrogen (secondary N) is 1. The van der Waals surface area contributed by atoms with Gasteiger partial charge in [0.25, 0.3) is 0 Å². The number of carbonyl (C=O) groups is 1. The molecule has 0 saturated carbocycles. The number of benzene rings is 1. The molecule has 1 aromatic carbocycles. The minimum Gasteiger partial charge on any atom is -0.491 e. The predicted molar refractivity (Wildman–Crippen MR) is 86.1 cm³/mol. The molecule has 1 aliphatic rings. The van der Waals surface area contributed by atoms with E-state index < -0.39 is 11.6 Å². The first-order chi connectivity index (χ1) is 10.3. The molecule has 2 rings (SSSR count). The minimum absolute atomic E-state index is 0.00115. The SMILES string of the molecule is Cc1ccc(OCC(O)CN2CCNC(=O)C2(C)C)c(C)c1. The van der Waals surface area contributed by atoms with Crippen LogP contribution in [0.1, 0.15) is 25.0 Å². The lowest BCUT2D eigenvalue weighted by atomic mass is 9.98. The van der Waals surface area contributed by atoms with Crippen molar-refractivity contribution in [3.63, 3.8) is 0 Å². The summed E-state index contributed by atoms with van der Waals surface area (Å²) in [6.45, 7) is 9.77. The maximum Gasteiger partial charge on any atom is 0.240 e. The third-order valence-electron chi connectivity index (χ3n) is 4.21. The van der Waals surface area contributed by atoms with Crippen LogP contribution >= 0.6 is 0 Å². The van der Waals surface area contributed by atoms with Crippen LogP contribution < -0.4 is 10.1 Å². The Balaban J connectivity index is 1.90. The van der Waals surface area contributed by atoms with E-state index in [9.17, 15) is 9.90 Å². The molecule has 1 fully saturated rings. The maximum atomic E-state index is 11.9. The zero-order valence-corrected chi connectivity index (χ0v) is 13.8. The molecule has 1 heterocycles. The van der Waals surface area contributed by atoms with E-state index in [-0.39, 0.29) is 12.5 Å². The van der Waals surface area contributed by atoms with Gasteiger partial charge in [-0.3, -0.25) is 9.69 Å². The Morgan fingerprint density at radius 2 is 2.14 bits per heavy atom. The molecule has 5 nitrogen and oxygen atoms in total. The van der Waals surface area contributed by atoms with E-state index in [4.69, 9.17) is 4.74 Å². The second-order valence-corrected chi connectivity index (χ2v) is 6.49. The molecule has 5 heteroatoms. The van der Waals surface area contributed by atoms with Crippen molar-refractivity contribution >= 4 is 5.91 Å². The molecule has 1 aromatic rings. The molecule has 1 atom stereocenters. The fraction of sp³-hybridized carbons (Fsp3) is 0.588. The Morgan fingerprint density at radius 3 is 2.82 bits per heavy atom. The summed E-state index contributed by atoms with van der Waals surface area (Å²) in [6, 6.07) is 5.97. The van der Waals surface area contributed by atoms with Crippen molar-refractivity contribution in [3.05, 3.63) is 29.3 Å². The highest BCUT2D eigenvalue weighted by atomic mass is 16.5. The number of nitrogens with zero attached hydrogens (tertiary/aromatic N) is 1. The largest absolute Gasteiger partial charge is 0.491 e. The highest BCUT2D eigenvalue weighted by Gasteiger charge is 2.38. The van der Waals surface area contributed by atoms with E-state index in [0.29, 0.717) is 13.1 Å². The number of piperazine rings is 1. The van der Waals surface area contributed by atoms with E-state index in [2.05, 4.69) is 11.4 Å². The van der Waals surface area contributed by atoms with Gasteiger partial charge in [-0.25, -0.2) is 0 Å². The van der Waals surface area contributed by atoms with Gasteiger partial charge in [0.15, 0.2) is 0 Å². The molecule has 1 saturated heterocycles. The lowest BCUT2D eigenvalue weighted by molar-refractivity contribution is -0.136. The van der Waals surface area contributed by atoms with Gasteiger partial charge < -0.3 is 15.2 Å². The maximum absolute atomic E-state index is 11.9. The van der Waals surface area contributed by atoms with E-state index in [1.807, 2.05) is 44.7 Å². The summed E-state index contributed by atoms with van der Waals surface area (Å²) in [7, 11) is 0. The third-order valence-corrected chi connectivity index (χ3v) is 4.21. The first-order valence-corrected chi connectivity index (χ1v) is 7.72. The fourth-order valence-corrected chi connectivity index (χ4v) is 2.72. The van der Waals surface area contributed by atoms with Crippen molar-refractivity contribution in [1.29, 1.82) is 0 Å². The predicted octanol–water partition coefficient (Wildman–Crippen LogP) is 1.25. The van der Waals surface area contributed by atoms with Crippen LogP contribution in [0.15, 0.2) is 18.2 Å². The van der Waals surface area contributed by atoms with Gasteiger partial charge in [-0.05, 0) is 39.3 Å². The van der Waals surface area contributed by atoms with Crippen molar-refractivity contribution in [2.75, 3.05) is 26.2 Å². The van der Waals surface area contributed by atoms with Gasteiger partial charge in [0.1, 0.15) is 18.5 Å². The first kappa shape index (κ1) is 16.8. The van der Waals surface area contributed by atoms with Crippen LogP contribution in [0.4, 0.5) is 0 Å². The van der Waals surface area contributed by atoms with E-state index in [0.717, 1.165) is 17.9 Å². The zero-order valence-electron chi connectivity index (χ0n) is 13.8. The smallest absolute Gasteiger partial charge is 0.240 e. The first-order valence-electron chi connectivity index (χ1n) is 7.72. The van der Waals surface area contributed by atoms with Gasteiger partial charge in [-0.15, -0.1) is 0 Å². The van der Waals surface area contributed by atoms with Crippen molar-refractivity contribution in [2.24, 2.45) is 0 Å². The summed E-state index contributed by atoms with van der Waals surface area (Å²) in [5.41, 5.74) is 1.65. The second-order valence-electron chi connectivity index (χ2n) is 6.49. The number of β-amino-alcohol motifs (C(OH)–C–C–N with tert-alkyl or cyclic N) is 1. The number of carbonyl (C=O) groups excluding carboxylic acids is 1. The molecule has 0 aromatic heterocycles.